The zero-order chi connectivity index (χ0) is 17.1. The monoisotopic (exact) mass is 322 g/mol. The molecule has 0 aliphatic heterocycles. The van der Waals surface area contributed by atoms with Gasteiger partial charge in [-0.25, -0.2) is 4.79 Å². The van der Waals surface area contributed by atoms with Gasteiger partial charge in [-0.3, -0.25) is 9.78 Å². The van der Waals surface area contributed by atoms with Gasteiger partial charge < -0.3 is 9.30 Å². The molecule has 0 saturated heterocycles. The lowest BCUT2D eigenvalue weighted by molar-refractivity contribution is 0.0377. The van der Waals surface area contributed by atoms with Crippen LogP contribution in [-0.4, -0.2) is 21.6 Å². The molecule has 0 spiro atoms. The van der Waals surface area contributed by atoms with Gasteiger partial charge in [0.1, 0.15) is 0 Å². The Kier molecular flexibility index (Phi) is 4.42. The van der Waals surface area contributed by atoms with Crippen LogP contribution < -0.4 is 5.56 Å². The molecule has 2 aromatic heterocycles. The summed E-state index contributed by atoms with van der Waals surface area (Å²) in [5, 5.41) is 1.03. The van der Waals surface area contributed by atoms with E-state index in [1.165, 1.54) is 6.07 Å². The summed E-state index contributed by atoms with van der Waals surface area (Å²) in [6.45, 7) is 3.94. The van der Waals surface area contributed by atoms with Gasteiger partial charge in [-0.15, -0.1) is 0 Å². The highest BCUT2D eigenvalue weighted by molar-refractivity contribution is 5.89. The number of nitrogens with zero attached hydrogens (tertiary/aromatic N) is 2. The number of ether oxygens (including phenoxy) is 1. The van der Waals surface area contributed by atoms with Gasteiger partial charge in [0.05, 0.1) is 23.7 Å². The fourth-order valence-corrected chi connectivity index (χ4v) is 2.53. The fourth-order valence-electron chi connectivity index (χ4n) is 2.53. The van der Waals surface area contributed by atoms with E-state index < -0.39 is 5.97 Å². The predicted molar refractivity (Wildman–Crippen MR) is 92.1 cm³/mol. The van der Waals surface area contributed by atoms with Crippen molar-refractivity contribution in [3.63, 3.8) is 0 Å². The number of para-hydroxylation sites is 1. The minimum absolute atomic E-state index is 0.221. The summed E-state index contributed by atoms with van der Waals surface area (Å²) in [6, 6.07) is 12.7. The molecule has 0 N–H and O–H groups in total. The van der Waals surface area contributed by atoms with Crippen molar-refractivity contribution in [2.45, 2.75) is 26.5 Å². The molecule has 0 aliphatic carbocycles. The summed E-state index contributed by atoms with van der Waals surface area (Å²) >= 11 is 0. The van der Waals surface area contributed by atoms with Crippen molar-refractivity contribution in [1.29, 1.82) is 0 Å². The Bertz CT molecular complexity index is 939. The number of fused-ring (bicyclic) bond motifs is 1. The number of carbonyl (C=O) groups is 1. The third-order valence-corrected chi connectivity index (χ3v) is 3.63. The lowest BCUT2D eigenvalue weighted by Gasteiger charge is -2.10. The molecule has 0 fully saturated rings. The molecule has 2 heterocycles. The van der Waals surface area contributed by atoms with E-state index in [9.17, 15) is 9.59 Å². The first kappa shape index (κ1) is 15.9. The van der Waals surface area contributed by atoms with E-state index in [-0.39, 0.29) is 17.2 Å². The standard InChI is InChI=1S/C19H18N2O3/c1-13(2)24-19(23)15-8-10-21(17(22)11-15)12-16-6-3-5-14-7-4-9-20-18(14)16/h3-11,13H,12H2,1-2H3. The van der Waals surface area contributed by atoms with Crippen molar-refractivity contribution in [3.8, 4) is 0 Å². The first-order valence-electron chi connectivity index (χ1n) is 7.78. The Hall–Kier alpha value is -2.95. The van der Waals surface area contributed by atoms with Gasteiger partial charge in [0, 0.05) is 23.8 Å². The van der Waals surface area contributed by atoms with Crippen LogP contribution in [0, 0.1) is 0 Å². The number of aromatic nitrogens is 2. The molecule has 0 bridgehead atoms. The summed E-state index contributed by atoms with van der Waals surface area (Å²) in [7, 11) is 0. The maximum Gasteiger partial charge on any atom is 0.338 e. The second-order valence-corrected chi connectivity index (χ2v) is 5.83. The average molecular weight is 322 g/mol. The highest BCUT2D eigenvalue weighted by Gasteiger charge is 2.11. The number of esters is 1. The highest BCUT2D eigenvalue weighted by atomic mass is 16.5. The van der Waals surface area contributed by atoms with E-state index in [0.29, 0.717) is 6.54 Å². The normalized spacial score (nSPS) is 11.0. The second kappa shape index (κ2) is 6.66. The number of benzene rings is 1. The Morgan fingerprint density at radius 1 is 1.21 bits per heavy atom. The van der Waals surface area contributed by atoms with Crippen molar-refractivity contribution < 1.29 is 9.53 Å². The molecule has 3 rings (SSSR count). The molecule has 122 valence electrons. The predicted octanol–water partition coefficient (Wildman–Crippen LogP) is 3.01. The van der Waals surface area contributed by atoms with Crippen LogP contribution in [0.2, 0.25) is 0 Å². The fraction of sp³-hybridized carbons (Fsp3) is 0.211. The molecule has 24 heavy (non-hydrogen) atoms. The van der Waals surface area contributed by atoms with Crippen molar-refractivity contribution in [1.82, 2.24) is 9.55 Å². The molecule has 5 nitrogen and oxygen atoms in total. The molecular weight excluding hydrogens is 304 g/mol. The topological polar surface area (TPSA) is 61.2 Å². The van der Waals surface area contributed by atoms with E-state index in [0.717, 1.165) is 16.5 Å². The zero-order valence-corrected chi connectivity index (χ0v) is 13.6. The van der Waals surface area contributed by atoms with E-state index in [2.05, 4.69) is 4.98 Å². The van der Waals surface area contributed by atoms with Gasteiger partial charge in [0.15, 0.2) is 0 Å². The quantitative estimate of drug-likeness (QED) is 0.693. The molecule has 3 aromatic rings. The highest BCUT2D eigenvalue weighted by Crippen LogP contribution is 2.16. The van der Waals surface area contributed by atoms with Gasteiger partial charge >= 0.3 is 5.97 Å². The first-order chi connectivity index (χ1) is 11.5. The minimum atomic E-state index is -0.485. The maximum absolute atomic E-state index is 12.3. The van der Waals surface area contributed by atoms with Gasteiger partial charge in [-0.2, -0.15) is 0 Å². The second-order valence-electron chi connectivity index (χ2n) is 5.83. The van der Waals surface area contributed by atoms with E-state index in [4.69, 9.17) is 4.74 Å². The van der Waals surface area contributed by atoms with Crippen LogP contribution in [-0.2, 0) is 11.3 Å². The van der Waals surface area contributed by atoms with Crippen LogP contribution in [0.5, 0.6) is 0 Å². The third-order valence-electron chi connectivity index (χ3n) is 3.63. The molecular formula is C19H18N2O3. The van der Waals surface area contributed by atoms with Crippen LogP contribution >= 0.6 is 0 Å². The number of carbonyl (C=O) groups excluding carboxylic acids is 1. The largest absolute Gasteiger partial charge is 0.459 e. The van der Waals surface area contributed by atoms with Crippen molar-refractivity contribution >= 4 is 16.9 Å². The van der Waals surface area contributed by atoms with Crippen LogP contribution in [0.15, 0.2) is 59.7 Å². The Balaban J connectivity index is 1.90. The van der Waals surface area contributed by atoms with Crippen molar-refractivity contribution in [2.24, 2.45) is 0 Å². The maximum atomic E-state index is 12.3. The smallest absolute Gasteiger partial charge is 0.338 e. The van der Waals surface area contributed by atoms with Gasteiger partial charge in [-0.1, -0.05) is 24.3 Å². The average Bonchev–Trinajstić information content (AvgIpc) is 2.56. The molecule has 0 aliphatic rings. The molecule has 0 unspecified atom stereocenters. The summed E-state index contributed by atoms with van der Waals surface area (Å²) in [5.74, 6) is -0.485. The van der Waals surface area contributed by atoms with Crippen molar-refractivity contribution in [2.75, 3.05) is 0 Å². The lowest BCUT2D eigenvalue weighted by atomic mass is 10.1. The minimum Gasteiger partial charge on any atom is -0.459 e. The molecule has 0 amide bonds. The van der Waals surface area contributed by atoms with Crippen LogP contribution in [0.25, 0.3) is 10.9 Å². The molecule has 1 aromatic carbocycles. The molecule has 0 saturated carbocycles. The molecule has 0 radical (unpaired) electrons. The summed E-state index contributed by atoms with van der Waals surface area (Å²) < 4.78 is 6.66. The van der Waals surface area contributed by atoms with Crippen molar-refractivity contribution in [3.05, 3.63) is 76.3 Å². The van der Waals surface area contributed by atoms with E-state index in [1.54, 1.807) is 36.9 Å². The molecule has 0 atom stereocenters. The van der Waals surface area contributed by atoms with Crippen LogP contribution in [0.1, 0.15) is 29.8 Å². The number of rotatable bonds is 4. The first-order valence-corrected chi connectivity index (χ1v) is 7.78. The van der Waals surface area contributed by atoms with Gasteiger partial charge in [-0.05, 0) is 31.5 Å². The number of hydrogen-bond donors (Lipinski definition) is 0. The third kappa shape index (κ3) is 3.35. The van der Waals surface area contributed by atoms with E-state index in [1.807, 2.05) is 30.3 Å². The summed E-state index contributed by atoms with van der Waals surface area (Å²) in [6.07, 6.45) is 3.13. The number of hydrogen-bond acceptors (Lipinski definition) is 4. The number of pyridine rings is 2. The zero-order valence-electron chi connectivity index (χ0n) is 13.6. The van der Waals surface area contributed by atoms with E-state index >= 15 is 0 Å². The summed E-state index contributed by atoms with van der Waals surface area (Å²) in [5.41, 5.74) is 1.84. The Morgan fingerprint density at radius 2 is 2.00 bits per heavy atom. The van der Waals surface area contributed by atoms with Crippen LogP contribution in [0.4, 0.5) is 0 Å². The van der Waals surface area contributed by atoms with Gasteiger partial charge in [0.2, 0.25) is 0 Å². The Morgan fingerprint density at radius 3 is 2.75 bits per heavy atom. The molecule has 5 heteroatoms. The lowest BCUT2D eigenvalue weighted by Crippen LogP contribution is -2.22. The summed E-state index contributed by atoms with van der Waals surface area (Å²) in [4.78, 5) is 28.6. The SMILES string of the molecule is CC(C)OC(=O)c1ccn(Cc2cccc3cccnc23)c(=O)c1. The van der Waals surface area contributed by atoms with Gasteiger partial charge in [0.25, 0.3) is 5.56 Å². The van der Waals surface area contributed by atoms with Crippen LogP contribution in [0.3, 0.4) is 0 Å². The Labute approximate surface area is 139 Å².